The van der Waals surface area contributed by atoms with Gasteiger partial charge in [-0.1, -0.05) is 12.1 Å². The Morgan fingerprint density at radius 3 is 2.43 bits per heavy atom. The predicted octanol–water partition coefficient (Wildman–Crippen LogP) is 3.83. The smallest absolute Gasteiger partial charge is 0.307 e. The van der Waals surface area contributed by atoms with Crippen LogP contribution in [-0.2, 0) is 9.53 Å². The summed E-state index contributed by atoms with van der Waals surface area (Å²) in [5.41, 5.74) is 4.53. The summed E-state index contributed by atoms with van der Waals surface area (Å²) in [6, 6.07) is 12.3. The molecule has 3 aromatic rings. The van der Waals surface area contributed by atoms with Gasteiger partial charge in [0, 0.05) is 22.2 Å². The molecule has 0 fully saturated rings. The topological polar surface area (TPSA) is 80.4 Å². The van der Waals surface area contributed by atoms with Crippen molar-refractivity contribution in [2.75, 3.05) is 14.2 Å². The lowest BCUT2D eigenvalue weighted by Crippen LogP contribution is -2.30. The second-order valence-corrected chi connectivity index (χ2v) is 6.71. The fourth-order valence-corrected chi connectivity index (χ4v) is 3.18. The number of aromatic amines is 1. The number of methoxy groups -OCH3 is 2. The number of benzene rings is 2. The number of rotatable bonds is 6. The van der Waals surface area contributed by atoms with Gasteiger partial charge in [0.15, 0.2) is 0 Å². The molecule has 1 aromatic heterocycles. The molecule has 0 radical (unpaired) electrons. The molecule has 6 heteroatoms. The van der Waals surface area contributed by atoms with Crippen molar-refractivity contribution in [2.24, 2.45) is 0 Å². The van der Waals surface area contributed by atoms with Crippen LogP contribution >= 0.6 is 0 Å². The predicted molar refractivity (Wildman–Crippen MR) is 108 cm³/mol. The normalized spacial score (nSPS) is 11.9. The first-order valence-corrected chi connectivity index (χ1v) is 9.03. The second-order valence-electron chi connectivity index (χ2n) is 6.71. The van der Waals surface area contributed by atoms with Crippen LogP contribution in [0.15, 0.2) is 42.5 Å². The Hall–Kier alpha value is -3.28. The van der Waals surface area contributed by atoms with Gasteiger partial charge in [0.1, 0.15) is 5.75 Å². The van der Waals surface area contributed by atoms with E-state index in [0.717, 1.165) is 27.7 Å². The van der Waals surface area contributed by atoms with Crippen LogP contribution in [0.4, 0.5) is 0 Å². The number of aromatic nitrogens is 1. The van der Waals surface area contributed by atoms with Gasteiger partial charge in [-0.05, 0) is 55.3 Å². The number of hydrogen-bond acceptors (Lipinski definition) is 4. The molecule has 1 atom stereocenters. The SMILES string of the molecule is COC(=O)CC(NC(=O)c1ccc2[nH]c(C)c(C)c2c1)c1ccc(OC)cc1. The third-order valence-electron chi connectivity index (χ3n) is 4.99. The van der Waals surface area contributed by atoms with E-state index in [-0.39, 0.29) is 12.3 Å². The van der Waals surface area contributed by atoms with E-state index in [1.54, 1.807) is 25.3 Å². The van der Waals surface area contributed by atoms with Gasteiger partial charge in [0.05, 0.1) is 26.7 Å². The van der Waals surface area contributed by atoms with Crippen LogP contribution in [0.1, 0.15) is 39.6 Å². The standard InChI is InChI=1S/C22H24N2O4/c1-13-14(2)23-19-10-7-16(11-18(13)19)22(26)24-20(12-21(25)28-4)15-5-8-17(27-3)9-6-15/h5-11,20,23H,12H2,1-4H3,(H,24,26). The summed E-state index contributed by atoms with van der Waals surface area (Å²) in [6.45, 7) is 4.03. The molecule has 3 rings (SSSR count). The van der Waals surface area contributed by atoms with E-state index in [4.69, 9.17) is 9.47 Å². The number of fused-ring (bicyclic) bond motifs is 1. The maximum Gasteiger partial charge on any atom is 0.307 e. The van der Waals surface area contributed by atoms with E-state index in [1.807, 2.05) is 38.1 Å². The van der Waals surface area contributed by atoms with E-state index in [1.165, 1.54) is 7.11 Å². The Morgan fingerprint density at radius 1 is 1.07 bits per heavy atom. The lowest BCUT2D eigenvalue weighted by Gasteiger charge is -2.19. The maximum absolute atomic E-state index is 12.9. The molecule has 1 unspecified atom stereocenters. The average molecular weight is 380 g/mol. The number of aryl methyl sites for hydroxylation is 2. The summed E-state index contributed by atoms with van der Waals surface area (Å²) in [6.07, 6.45) is 0.0408. The number of amides is 1. The third kappa shape index (κ3) is 4.01. The lowest BCUT2D eigenvalue weighted by atomic mass is 10.0. The first-order valence-electron chi connectivity index (χ1n) is 9.03. The Kier molecular flexibility index (Phi) is 5.68. The summed E-state index contributed by atoms with van der Waals surface area (Å²) in [4.78, 5) is 28.0. The molecular weight excluding hydrogens is 356 g/mol. The van der Waals surface area contributed by atoms with Crippen LogP contribution in [0.2, 0.25) is 0 Å². The molecule has 2 N–H and O–H groups in total. The molecule has 0 aliphatic heterocycles. The fourth-order valence-electron chi connectivity index (χ4n) is 3.18. The third-order valence-corrected chi connectivity index (χ3v) is 4.99. The number of esters is 1. The van der Waals surface area contributed by atoms with Crippen molar-refractivity contribution >= 4 is 22.8 Å². The van der Waals surface area contributed by atoms with E-state index in [2.05, 4.69) is 10.3 Å². The molecule has 6 nitrogen and oxygen atoms in total. The number of carbonyl (C=O) groups is 2. The zero-order chi connectivity index (χ0) is 20.3. The number of nitrogens with one attached hydrogen (secondary N) is 2. The van der Waals surface area contributed by atoms with E-state index in [0.29, 0.717) is 11.3 Å². The Morgan fingerprint density at radius 2 is 1.79 bits per heavy atom. The molecule has 1 heterocycles. The van der Waals surface area contributed by atoms with Gasteiger partial charge in [-0.15, -0.1) is 0 Å². The van der Waals surface area contributed by atoms with Crippen molar-refractivity contribution in [1.82, 2.24) is 10.3 Å². The van der Waals surface area contributed by atoms with Crippen molar-refractivity contribution in [3.05, 3.63) is 64.8 Å². The van der Waals surface area contributed by atoms with Gasteiger partial charge in [0.25, 0.3) is 5.91 Å². The molecule has 1 amide bonds. The maximum atomic E-state index is 12.9. The summed E-state index contributed by atoms with van der Waals surface area (Å²) < 4.78 is 9.97. The lowest BCUT2D eigenvalue weighted by molar-refractivity contribution is -0.141. The molecule has 0 saturated heterocycles. The van der Waals surface area contributed by atoms with Gasteiger partial charge in [0.2, 0.25) is 0 Å². The van der Waals surface area contributed by atoms with Crippen molar-refractivity contribution in [3.8, 4) is 5.75 Å². The van der Waals surface area contributed by atoms with E-state index >= 15 is 0 Å². The largest absolute Gasteiger partial charge is 0.497 e. The Bertz CT molecular complexity index is 1010. The summed E-state index contributed by atoms with van der Waals surface area (Å²) in [5, 5.41) is 3.97. The van der Waals surface area contributed by atoms with Gasteiger partial charge < -0.3 is 19.8 Å². The highest BCUT2D eigenvalue weighted by molar-refractivity contribution is 5.99. The summed E-state index contributed by atoms with van der Waals surface area (Å²) in [5.74, 6) is 0.0641. The summed E-state index contributed by atoms with van der Waals surface area (Å²) >= 11 is 0. The molecule has 0 aliphatic carbocycles. The monoisotopic (exact) mass is 380 g/mol. The first kappa shape index (κ1) is 19.5. The molecule has 0 aliphatic rings. The molecule has 0 spiro atoms. The average Bonchev–Trinajstić information content (AvgIpc) is 3.00. The van der Waals surface area contributed by atoms with Gasteiger partial charge in [-0.2, -0.15) is 0 Å². The van der Waals surface area contributed by atoms with Crippen LogP contribution < -0.4 is 10.1 Å². The number of H-pyrrole nitrogens is 1. The zero-order valence-electron chi connectivity index (χ0n) is 16.5. The van der Waals surface area contributed by atoms with Gasteiger partial charge in [-0.25, -0.2) is 0 Å². The highest BCUT2D eigenvalue weighted by atomic mass is 16.5. The minimum absolute atomic E-state index is 0.0408. The molecule has 0 bridgehead atoms. The molecular formula is C22H24N2O4. The minimum atomic E-state index is -0.504. The molecule has 0 saturated carbocycles. The molecule has 28 heavy (non-hydrogen) atoms. The van der Waals surface area contributed by atoms with Crippen molar-refractivity contribution in [2.45, 2.75) is 26.3 Å². The van der Waals surface area contributed by atoms with Crippen LogP contribution in [0.3, 0.4) is 0 Å². The quantitative estimate of drug-likeness (QED) is 0.637. The van der Waals surface area contributed by atoms with Crippen LogP contribution in [0, 0.1) is 13.8 Å². The Balaban J connectivity index is 1.87. The first-order chi connectivity index (χ1) is 13.4. The van der Waals surface area contributed by atoms with E-state index < -0.39 is 12.0 Å². The van der Waals surface area contributed by atoms with E-state index in [9.17, 15) is 9.59 Å². The van der Waals surface area contributed by atoms with Gasteiger partial charge in [-0.3, -0.25) is 9.59 Å². The van der Waals surface area contributed by atoms with Crippen molar-refractivity contribution in [3.63, 3.8) is 0 Å². The molecule has 146 valence electrons. The number of carbonyl (C=O) groups excluding carboxylic acids is 2. The number of ether oxygens (including phenoxy) is 2. The zero-order valence-corrected chi connectivity index (χ0v) is 16.5. The van der Waals surface area contributed by atoms with Crippen molar-refractivity contribution in [1.29, 1.82) is 0 Å². The van der Waals surface area contributed by atoms with Crippen LogP contribution in [0.5, 0.6) is 5.75 Å². The van der Waals surface area contributed by atoms with Crippen LogP contribution in [0.25, 0.3) is 10.9 Å². The summed E-state index contributed by atoms with van der Waals surface area (Å²) in [7, 11) is 2.92. The highest BCUT2D eigenvalue weighted by Gasteiger charge is 2.20. The second kappa shape index (κ2) is 8.17. The van der Waals surface area contributed by atoms with Crippen molar-refractivity contribution < 1.29 is 19.1 Å². The van der Waals surface area contributed by atoms with Gasteiger partial charge >= 0.3 is 5.97 Å². The fraction of sp³-hybridized carbons (Fsp3) is 0.273. The number of hydrogen-bond donors (Lipinski definition) is 2. The highest BCUT2D eigenvalue weighted by Crippen LogP contribution is 2.24. The Labute approximate surface area is 163 Å². The minimum Gasteiger partial charge on any atom is -0.497 e. The van der Waals surface area contributed by atoms with Crippen LogP contribution in [-0.4, -0.2) is 31.1 Å². The molecule has 2 aromatic carbocycles.